The number of aliphatic hydroxyl groups excluding tert-OH is 2. The maximum Gasteiger partial charge on any atom is 0.344 e. The maximum absolute atomic E-state index is 13.3. The second-order valence-corrected chi connectivity index (χ2v) is 10.1. The Morgan fingerprint density at radius 3 is 2.41 bits per heavy atom. The van der Waals surface area contributed by atoms with Gasteiger partial charge in [0.2, 0.25) is 11.9 Å². The van der Waals surface area contributed by atoms with Gasteiger partial charge in [0.1, 0.15) is 12.2 Å². The molecule has 9 heteroatoms. The molecule has 2 saturated carbocycles. The summed E-state index contributed by atoms with van der Waals surface area (Å²) >= 11 is 0. The molecule has 0 unspecified atom stereocenters. The second kappa shape index (κ2) is 4.53. The Balaban J connectivity index is 1.73. The zero-order valence-corrected chi connectivity index (χ0v) is 16.4. The zero-order chi connectivity index (χ0) is 20.9. The van der Waals surface area contributed by atoms with Crippen LogP contribution in [0.1, 0.15) is 34.1 Å². The number of ether oxygens (including phenoxy) is 4. The number of carbonyl (C=O) groups is 3. The maximum atomic E-state index is 13.3. The second-order valence-electron chi connectivity index (χ2n) is 10.1. The molecule has 2 aliphatic carbocycles. The van der Waals surface area contributed by atoms with Crippen LogP contribution in [0.25, 0.3) is 0 Å². The minimum Gasteiger partial charge on any atom is -0.459 e. The van der Waals surface area contributed by atoms with Crippen molar-refractivity contribution in [1.82, 2.24) is 0 Å². The standard InChI is InChI=1S/C20H22O9/c1-6-9-10(27-13(6)23)11(21)19-8-5-7(17(2,3)4)18(19)12(22)14(24)28-16(18)29-20(9,19)15(25)26-8/h7-8,10-12,16,21-22H,5H2,1-4H3/t7-,8+,10+,11-,12-,16-,18+,19-,20+/m0/s1. The van der Waals surface area contributed by atoms with E-state index in [4.69, 9.17) is 18.9 Å². The van der Waals surface area contributed by atoms with Crippen molar-refractivity contribution >= 4 is 17.9 Å². The smallest absolute Gasteiger partial charge is 0.344 e. The average Bonchev–Trinajstić information content (AvgIpc) is 3.34. The molecule has 0 aromatic heterocycles. The molecule has 4 aliphatic heterocycles. The van der Waals surface area contributed by atoms with Crippen molar-refractivity contribution in [1.29, 1.82) is 0 Å². The Morgan fingerprint density at radius 1 is 1.07 bits per heavy atom. The largest absolute Gasteiger partial charge is 0.459 e. The van der Waals surface area contributed by atoms with Gasteiger partial charge in [0.15, 0.2) is 12.2 Å². The summed E-state index contributed by atoms with van der Waals surface area (Å²) in [6, 6.07) is 0. The van der Waals surface area contributed by atoms with E-state index in [1.54, 1.807) is 0 Å². The highest BCUT2D eigenvalue weighted by atomic mass is 16.7. The van der Waals surface area contributed by atoms with Crippen molar-refractivity contribution in [3.63, 3.8) is 0 Å². The van der Waals surface area contributed by atoms with Gasteiger partial charge in [0.25, 0.3) is 0 Å². The van der Waals surface area contributed by atoms with Crippen LogP contribution < -0.4 is 0 Å². The van der Waals surface area contributed by atoms with Crippen LogP contribution in [0.3, 0.4) is 0 Å². The quantitative estimate of drug-likeness (QED) is 0.407. The Labute approximate surface area is 165 Å². The van der Waals surface area contributed by atoms with E-state index in [1.165, 1.54) is 6.92 Å². The van der Waals surface area contributed by atoms with Crippen LogP contribution in [0.4, 0.5) is 0 Å². The number of rotatable bonds is 0. The lowest BCUT2D eigenvalue weighted by molar-refractivity contribution is -0.193. The normalized spacial score (nSPS) is 54.2. The predicted octanol–water partition coefficient (Wildman–Crippen LogP) is -0.420. The van der Waals surface area contributed by atoms with Crippen molar-refractivity contribution in [3.05, 3.63) is 11.1 Å². The van der Waals surface area contributed by atoms with Crippen LogP contribution in [0.2, 0.25) is 0 Å². The van der Waals surface area contributed by atoms with Crippen LogP contribution in [0.5, 0.6) is 0 Å². The van der Waals surface area contributed by atoms with Gasteiger partial charge in [-0.05, 0) is 24.7 Å². The molecule has 5 fully saturated rings. The molecule has 0 amide bonds. The molecule has 0 aromatic carbocycles. The van der Waals surface area contributed by atoms with Crippen molar-refractivity contribution in [2.24, 2.45) is 22.2 Å². The molecule has 6 rings (SSSR count). The minimum absolute atomic E-state index is 0.179. The molecule has 2 N–H and O–H groups in total. The molecule has 29 heavy (non-hydrogen) atoms. The molecule has 9 nitrogen and oxygen atoms in total. The molecule has 0 radical (unpaired) electrons. The summed E-state index contributed by atoms with van der Waals surface area (Å²) in [7, 11) is 0. The summed E-state index contributed by atoms with van der Waals surface area (Å²) in [5, 5.41) is 22.8. The third kappa shape index (κ3) is 1.36. The third-order valence-electron chi connectivity index (χ3n) is 8.35. The number of fused-ring (bicyclic) bond motifs is 1. The Morgan fingerprint density at radius 2 is 1.76 bits per heavy atom. The lowest BCUT2D eigenvalue weighted by Crippen LogP contribution is -2.62. The van der Waals surface area contributed by atoms with E-state index in [9.17, 15) is 24.6 Å². The lowest BCUT2D eigenvalue weighted by atomic mass is 9.51. The lowest BCUT2D eigenvalue weighted by Gasteiger charge is -2.47. The van der Waals surface area contributed by atoms with E-state index < -0.39 is 70.5 Å². The van der Waals surface area contributed by atoms with Gasteiger partial charge >= 0.3 is 17.9 Å². The first kappa shape index (κ1) is 17.9. The van der Waals surface area contributed by atoms with Crippen LogP contribution in [0.15, 0.2) is 11.1 Å². The number of hydrogen-bond donors (Lipinski definition) is 2. The predicted molar refractivity (Wildman–Crippen MR) is 90.6 cm³/mol. The van der Waals surface area contributed by atoms with Crippen molar-refractivity contribution in [2.45, 2.75) is 70.4 Å². The van der Waals surface area contributed by atoms with E-state index in [0.29, 0.717) is 6.42 Å². The van der Waals surface area contributed by atoms with E-state index in [2.05, 4.69) is 0 Å². The number of carbonyl (C=O) groups excluding carboxylic acids is 3. The third-order valence-corrected chi connectivity index (χ3v) is 8.35. The number of aliphatic hydroxyl groups is 2. The van der Waals surface area contributed by atoms with E-state index >= 15 is 0 Å². The highest BCUT2D eigenvalue weighted by molar-refractivity contribution is 6.00. The molecule has 0 aromatic rings. The summed E-state index contributed by atoms with van der Waals surface area (Å²) in [6.45, 7) is 7.41. The molecule has 3 saturated heterocycles. The molecule has 156 valence electrons. The summed E-state index contributed by atoms with van der Waals surface area (Å²) in [5.41, 5.74) is -4.76. The molecular weight excluding hydrogens is 384 g/mol. The summed E-state index contributed by atoms with van der Waals surface area (Å²) in [6.07, 6.45) is -5.81. The van der Waals surface area contributed by atoms with Gasteiger partial charge < -0.3 is 29.2 Å². The van der Waals surface area contributed by atoms with Gasteiger partial charge in [-0.25, -0.2) is 14.4 Å². The van der Waals surface area contributed by atoms with Crippen molar-refractivity contribution in [2.75, 3.05) is 0 Å². The van der Waals surface area contributed by atoms with E-state index in [-0.39, 0.29) is 17.1 Å². The Kier molecular flexibility index (Phi) is 2.79. The SMILES string of the molecule is CC1=C2[C@@H](OC1=O)[C@H](O)[C@@]13[C@H]4C[C@@H](C(C)(C)C)[C@@]15[C@@H](OC(=O)[C@@H]5O)O[C@@]23C(=O)O4. The van der Waals surface area contributed by atoms with Gasteiger partial charge in [-0.2, -0.15) is 0 Å². The number of hydrogen-bond acceptors (Lipinski definition) is 9. The minimum atomic E-state index is -1.83. The fourth-order valence-corrected chi connectivity index (χ4v) is 7.64. The van der Waals surface area contributed by atoms with Crippen LogP contribution in [-0.2, 0) is 33.3 Å². The Hall–Kier alpha value is -1.97. The first-order chi connectivity index (χ1) is 13.5. The van der Waals surface area contributed by atoms with E-state index in [0.717, 1.165) is 0 Å². The van der Waals surface area contributed by atoms with Crippen LogP contribution in [0, 0.1) is 22.2 Å². The van der Waals surface area contributed by atoms with Crippen LogP contribution >= 0.6 is 0 Å². The van der Waals surface area contributed by atoms with Gasteiger partial charge in [-0.15, -0.1) is 0 Å². The van der Waals surface area contributed by atoms with Crippen molar-refractivity contribution in [3.8, 4) is 0 Å². The molecule has 2 spiro atoms. The van der Waals surface area contributed by atoms with E-state index in [1.807, 2.05) is 20.8 Å². The highest BCUT2D eigenvalue weighted by Gasteiger charge is 2.99. The van der Waals surface area contributed by atoms with Gasteiger partial charge in [0, 0.05) is 11.1 Å². The first-order valence-electron chi connectivity index (χ1n) is 9.85. The van der Waals surface area contributed by atoms with Crippen LogP contribution in [-0.4, -0.2) is 64.4 Å². The first-order valence-corrected chi connectivity index (χ1v) is 9.85. The molecule has 0 bridgehead atoms. The zero-order valence-electron chi connectivity index (χ0n) is 16.4. The average molecular weight is 406 g/mol. The molecule has 6 aliphatic rings. The van der Waals surface area contributed by atoms with Gasteiger partial charge in [0.05, 0.1) is 10.8 Å². The summed E-state index contributed by atoms with van der Waals surface area (Å²) < 4.78 is 22.8. The fourth-order valence-electron chi connectivity index (χ4n) is 7.64. The number of esters is 3. The molecular formula is C20H22O9. The van der Waals surface area contributed by atoms with Gasteiger partial charge in [-0.1, -0.05) is 20.8 Å². The summed E-state index contributed by atoms with van der Waals surface area (Å²) in [4.78, 5) is 38.0. The van der Waals surface area contributed by atoms with Crippen molar-refractivity contribution < 1.29 is 43.5 Å². The molecule has 4 heterocycles. The Bertz CT molecular complexity index is 946. The van der Waals surface area contributed by atoms with Gasteiger partial charge in [-0.3, -0.25) is 0 Å². The monoisotopic (exact) mass is 406 g/mol. The summed E-state index contributed by atoms with van der Waals surface area (Å²) in [5.74, 6) is -2.59. The topological polar surface area (TPSA) is 129 Å². The molecule has 9 atom stereocenters. The fraction of sp³-hybridized carbons (Fsp3) is 0.750. The highest BCUT2D eigenvalue weighted by Crippen LogP contribution is 2.83.